The van der Waals surface area contributed by atoms with Gasteiger partial charge in [0.05, 0.1) is 0 Å². The van der Waals surface area contributed by atoms with E-state index < -0.39 is 5.97 Å². The molecule has 0 spiro atoms. The summed E-state index contributed by atoms with van der Waals surface area (Å²) in [5.41, 5.74) is 1.02. The van der Waals surface area contributed by atoms with Gasteiger partial charge in [0.15, 0.2) is 5.78 Å². The fourth-order valence-corrected chi connectivity index (χ4v) is 2.93. The van der Waals surface area contributed by atoms with Gasteiger partial charge in [-0.25, -0.2) is 4.79 Å². The molecular weight excluding hydrogens is 338 g/mol. The Kier molecular flexibility index (Phi) is 5.90. The van der Waals surface area contributed by atoms with Crippen LogP contribution in [0.3, 0.4) is 0 Å². The predicted octanol–water partition coefficient (Wildman–Crippen LogP) is 3.38. The highest BCUT2D eigenvalue weighted by Crippen LogP contribution is 2.16. The smallest absolute Gasteiger partial charge is 0.346 e. The molecule has 0 aliphatic carbocycles. The number of nitrogens with one attached hydrogen (secondary N) is 1. The van der Waals surface area contributed by atoms with E-state index in [1.54, 1.807) is 35.7 Å². The molecule has 7 heteroatoms. The van der Waals surface area contributed by atoms with E-state index in [-0.39, 0.29) is 36.0 Å². The summed E-state index contributed by atoms with van der Waals surface area (Å²) in [7, 11) is 0. The van der Waals surface area contributed by atoms with Gasteiger partial charge in [0, 0.05) is 30.0 Å². The van der Waals surface area contributed by atoms with Gasteiger partial charge in [-0.3, -0.25) is 9.59 Å². The summed E-state index contributed by atoms with van der Waals surface area (Å²) in [5.74, 6) is -1.48. The minimum absolute atomic E-state index is 0.0396. The van der Waals surface area contributed by atoms with Crippen LogP contribution >= 0.6 is 22.9 Å². The molecule has 0 fully saturated rings. The maximum Gasteiger partial charge on any atom is 0.346 e. The van der Waals surface area contributed by atoms with E-state index in [2.05, 4.69) is 5.32 Å². The Bertz CT molecular complexity index is 741. The maximum absolute atomic E-state index is 12.0. The van der Waals surface area contributed by atoms with Crippen molar-refractivity contribution in [3.63, 3.8) is 0 Å². The topological polar surface area (TPSA) is 83.5 Å². The number of carbonyl (C=O) groups excluding carboxylic acids is 2. The molecule has 23 heavy (non-hydrogen) atoms. The van der Waals surface area contributed by atoms with E-state index in [0.717, 1.165) is 11.3 Å². The van der Waals surface area contributed by atoms with E-state index in [9.17, 15) is 14.4 Å². The lowest BCUT2D eigenvalue weighted by atomic mass is 10.1. The van der Waals surface area contributed by atoms with Crippen LogP contribution in [0.5, 0.6) is 0 Å². The molecule has 0 saturated heterocycles. The fourth-order valence-electron chi connectivity index (χ4n) is 1.98. The highest BCUT2D eigenvalue weighted by molar-refractivity contribution is 7.12. The second kappa shape index (κ2) is 7.89. The third kappa shape index (κ3) is 4.91. The Morgan fingerprint density at radius 2 is 1.96 bits per heavy atom. The average molecular weight is 352 g/mol. The molecule has 120 valence electrons. The fraction of sp³-hybridized carbons (Fsp3) is 0.188. The number of hydrogen-bond donors (Lipinski definition) is 2. The Morgan fingerprint density at radius 3 is 2.65 bits per heavy atom. The first-order valence-corrected chi connectivity index (χ1v) is 8.08. The molecule has 5 nitrogen and oxygen atoms in total. The second-order valence-corrected chi connectivity index (χ2v) is 6.14. The van der Waals surface area contributed by atoms with Gasteiger partial charge >= 0.3 is 5.97 Å². The zero-order valence-electron chi connectivity index (χ0n) is 12.0. The molecule has 0 atom stereocenters. The summed E-state index contributed by atoms with van der Waals surface area (Å²) in [6.45, 7) is 0.134. The van der Waals surface area contributed by atoms with E-state index in [4.69, 9.17) is 16.7 Å². The summed E-state index contributed by atoms with van der Waals surface area (Å²) in [5, 5.41) is 13.7. The molecular formula is C16H14ClNO4S. The molecule has 1 amide bonds. The Balaban J connectivity index is 1.82. The van der Waals surface area contributed by atoms with E-state index in [0.29, 0.717) is 16.1 Å². The van der Waals surface area contributed by atoms with E-state index in [1.807, 2.05) is 0 Å². The van der Waals surface area contributed by atoms with E-state index >= 15 is 0 Å². The number of carboxylic acids is 1. The lowest BCUT2D eigenvalue weighted by Gasteiger charge is -2.05. The van der Waals surface area contributed by atoms with Gasteiger partial charge in [-0.15, -0.1) is 11.3 Å². The van der Waals surface area contributed by atoms with Crippen molar-refractivity contribution in [1.29, 1.82) is 0 Å². The first-order valence-electron chi connectivity index (χ1n) is 6.82. The van der Waals surface area contributed by atoms with Crippen LogP contribution in [-0.2, 0) is 11.3 Å². The van der Waals surface area contributed by atoms with Crippen molar-refractivity contribution in [3.8, 4) is 0 Å². The number of aromatic carboxylic acids is 1. The molecule has 0 aliphatic rings. The van der Waals surface area contributed by atoms with Crippen molar-refractivity contribution < 1.29 is 19.5 Å². The number of halogens is 1. The average Bonchev–Trinajstić information content (AvgIpc) is 2.99. The van der Waals surface area contributed by atoms with Crippen molar-refractivity contribution >= 4 is 40.6 Å². The number of Topliss-reactive ketones (excluding diaryl/α,β-unsaturated/α-hetero) is 1. The van der Waals surface area contributed by atoms with E-state index in [1.165, 1.54) is 0 Å². The Morgan fingerprint density at radius 1 is 1.17 bits per heavy atom. The van der Waals surface area contributed by atoms with Crippen molar-refractivity contribution in [3.05, 3.63) is 56.7 Å². The van der Waals surface area contributed by atoms with Gasteiger partial charge in [0.1, 0.15) is 4.88 Å². The number of ketones is 1. The molecule has 0 unspecified atom stereocenters. The van der Waals surface area contributed by atoms with Crippen LogP contribution in [0.4, 0.5) is 0 Å². The molecule has 1 aromatic heterocycles. The number of carboxylic acid groups (broad SMARTS) is 1. The van der Waals surface area contributed by atoms with Gasteiger partial charge in [-0.05, 0) is 29.1 Å². The van der Waals surface area contributed by atoms with Gasteiger partial charge in [-0.1, -0.05) is 23.7 Å². The summed E-state index contributed by atoms with van der Waals surface area (Å²) < 4.78 is 0. The van der Waals surface area contributed by atoms with Crippen molar-refractivity contribution in [2.24, 2.45) is 0 Å². The zero-order valence-corrected chi connectivity index (χ0v) is 13.6. The van der Waals surface area contributed by atoms with Crippen LogP contribution in [-0.4, -0.2) is 22.8 Å². The third-order valence-corrected chi connectivity index (χ3v) is 4.32. The van der Waals surface area contributed by atoms with Crippen LogP contribution in [0.1, 0.15) is 38.4 Å². The maximum atomic E-state index is 12.0. The lowest BCUT2D eigenvalue weighted by molar-refractivity contribution is -0.121. The molecule has 2 N–H and O–H groups in total. The van der Waals surface area contributed by atoms with Crippen molar-refractivity contribution in [1.82, 2.24) is 5.32 Å². The van der Waals surface area contributed by atoms with Crippen LogP contribution < -0.4 is 5.32 Å². The highest BCUT2D eigenvalue weighted by atomic mass is 35.5. The quantitative estimate of drug-likeness (QED) is 0.749. The molecule has 2 aromatic rings. The standard InChI is InChI=1S/C16H14ClNO4S/c17-12-3-1-2-10(8-12)13(19)4-5-14(20)18-9-11-6-7-23-15(11)16(21)22/h1-3,6-8H,4-5,9H2,(H,18,20)(H,21,22). The summed E-state index contributed by atoms with van der Waals surface area (Å²) in [6, 6.07) is 8.22. The number of amides is 1. The minimum Gasteiger partial charge on any atom is -0.477 e. The largest absolute Gasteiger partial charge is 0.477 e. The predicted molar refractivity (Wildman–Crippen MR) is 88.1 cm³/mol. The first-order chi connectivity index (χ1) is 11.0. The summed E-state index contributed by atoms with van der Waals surface area (Å²) in [6.07, 6.45) is 0.111. The van der Waals surface area contributed by atoms with Gasteiger partial charge < -0.3 is 10.4 Å². The summed E-state index contributed by atoms with van der Waals surface area (Å²) >= 11 is 6.93. The molecule has 1 aromatic carbocycles. The molecule has 0 radical (unpaired) electrons. The van der Waals surface area contributed by atoms with Crippen LogP contribution in [0.25, 0.3) is 0 Å². The van der Waals surface area contributed by atoms with Crippen LogP contribution in [0, 0.1) is 0 Å². The van der Waals surface area contributed by atoms with Crippen molar-refractivity contribution in [2.45, 2.75) is 19.4 Å². The second-order valence-electron chi connectivity index (χ2n) is 4.79. The summed E-state index contributed by atoms with van der Waals surface area (Å²) in [4.78, 5) is 34.9. The number of rotatable bonds is 7. The number of thiophene rings is 1. The normalized spacial score (nSPS) is 10.3. The molecule has 1 heterocycles. The SMILES string of the molecule is O=C(CCC(=O)c1cccc(Cl)c1)NCc1ccsc1C(=O)O. The van der Waals surface area contributed by atoms with Gasteiger partial charge in [0.2, 0.25) is 5.91 Å². The van der Waals surface area contributed by atoms with Crippen molar-refractivity contribution in [2.75, 3.05) is 0 Å². The third-order valence-electron chi connectivity index (χ3n) is 3.14. The van der Waals surface area contributed by atoms with Crippen LogP contribution in [0.15, 0.2) is 35.7 Å². The lowest BCUT2D eigenvalue weighted by Crippen LogP contribution is -2.23. The van der Waals surface area contributed by atoms with Crippen LogP contribution in [0.2, 0.25) is 5.02 Å². The van der Waals surface area contributed by atoms with Gasteiger partial charge in [0.25, 0.3) is 0 Å². The molecule has 0 bridgehead atoms. The highest BCUT2D eigenvalue weighted by Gasteiger charge is 2.13. The minimum atomic E-state index is -1.01. The monoisotopic (exact) mass is 351 g/mol. The Hall–Kier alpha value is -2.18. The molecule has 2 rings (SSSR count). The number of hydrogen-bond acceptors (Lipinski definition) is 4. The molecule has 0 saturated carbocycles. The number of carbonyl (C=O) groups is 3. The van der Waals surface area contributed by atoms with Gasteiger partial charge in [-0.2, -0.15) is 0 Å². The first kappa shape index (κ1) is 17.2. The number of benzene rings is 1. The molecule has 0 aliphatic heterocycles. The Labute approximate surface area is 141 Å². The zero-order chi connectivity index (χ0) is 16.8.